The van der Waals surface area contributed by atoms with Gasteiger partial charge < -0.3 is 0 Å². The van der Waals surface area contributed by atoms with Crippen LogP contribution >= 0.6 is 39.5 Å². The van der Waals surface area contributed by atoms with Crippen LogP contribution < -0.4 is 0 Å². The number of aliphatic imine (C=N–C) groups is 1. The van der Waals surface area contributed by atoms with Crippen LogP contribution in [0.25, 0.3) is 11.3 Å². The third kappa shape index (κ3) is 2.44. The molecule has 0 amide bonds. The molecule has 0 bridgehead atoms. The Hall–Kier alpha value is -0.870. The summed E-state index contributed by atoms with van der Waals surface area (Å²) in [5.74, 6) is 0. The molecule has 0 fully saturated rings. The molecule has 0 aliphatic heterocycles. The number of aryl methyl sites for hydroxylation is 1. The number of halogens is 1. The predicted molar refractivity (Wildman–Crippen MR) is 74.7 cm³/mol. The lowest BCUT2D eigenvalue weighted by molar-refractivity contribution is 1.30. The molecule has 2 aromatic rings. The van der Waals surface area contributed by atoms with Crippen LogP contribution in [-0.4, -0.2) is 10.1 Å². The smallest absolute Gasteiger partial charge is 0.0901 e. The van der Waals surface area contributed by atoms with E-state index < -0.39 is 0 Å². The molecule has 5 heteroatoms. The van der Waals surface area contributed by atoms with Gasteiger partial charge in [0.15, 0.2) is 0 Å². The number of hydrogen-bond donors (Lipinski definition) is 0. The monoisotopic (exact) mass is 310 g/mol. The molecule has 0 saturated carbocycles. The second-order valence-electron chi connectivity index (χ2n) is 3.12. The summed E-state index contributed by atoms with van der Waals surface area (Å²) in [5, 5.41) is 5.45. The molecule has 2 rings (SSSR count). The van der Waals surface area contributed by atoms with Gasteiger partial charge in [-0.15, -0.1) is 11.3 Å². The fourth-order valence-electron chi connectivity index (χ4n) is 1.30. The van der Waals surface area contributed by atoms with Gasteiger partial charge in [-0.1, -0.05) is 6.07 Å². The first-order chi connectivity index (χ1) is 7.70. The van der Waals surface area contributed by atoms with E-state index in [1.807, 2.05) is 30.5 Å². The summed E-state index contributed by atoms with van der Waals surface area (Å²) in [7, 11) is 0. The second-order valence-corrected chi connectivity index (χ2v) is 5.22. The van der Waals surface area contributed by atoms with E-state index in [0.29, 0.717) is 0 Å². The number of hydrogen-bond acceptors (Lipinski definition) is 4. The highest BCUT2D eigenvalue weighted by atomic mass is 79.9. The lowest BCUT2D eigenvalue weighted by Gasteiger charge is -2.00. The number of aromatic nitrogens is 1. The molecule has 0 radical (unpaired) electrons. The zero-order chi connectivity index (χ0) is 11.5. The molecule has 0 atom stereocenters. The fraction of sp³-hybridized carbons (Fsp3) is 0.0909. The highest BCUT2D eigenvalue weighted by Gasteiger charge is 2.05. The SMILES string of the molecule is Cc1nc(-c2ccc(Br)c(N=C=S)c2)cs1. The maximum atomic E-state index is 4.61. The normalized spacial score (nSPS) is 9.88. The van der Waals surface area contributed by atoms with Crippen molar-refractivity contribution in [2.24, 2.45) is 4.99 Å². The Bertz CT molecular complexity index is 571. The highest BCUT2D eigenvalue weighted by Crippen LogP contribution is 2.31. The minimum atomic E-state index is 0.776. The third-order valence-electron chi connectivity index (χ3n) is 2.03. The van der Waals surface area contributed by atoms with Crippen LogP contribution in [0, 0.1) is 6.92 Å². The zero-order valence-corrected chi connectivity index (χ0v) is 11.6. The van der Waals surface area contributed by atoms with E-state index in [9.17, 15) is 0 Å². The van der Waals surface area contributed by atoms with E-state index in [2.05, 4.69) is 43.3 Å². The van der Waals surface area contributed by atoms with Gasteiger partial charge in [0.2, 0.25) is 0 Å². The molecule has 0 spiro atoms. The number of nitrogens with zero attached hydrogens (tertiary/aromatic N) is 2. The Labute approximate surface area is 111 Å². The molecule has 0 unspecified atom stereocenters. The summed E-state index contributed by atoms with van der Waals surface area (Å²) in [5.41, 5.74) is 2.78. The summed E-state index contributed by atoms with van der Waals surface area (Å²) in [4.78, 5) is 8.42. The second kappa shape index (κ2) is 4.97. The van der Waals surface area contributed by atoms with E-state index in [0.717, 1.165) is 26.4 Å². The van der Waals surface area contributed by atoms with Crippen molar-refractivity contribution in [3.05, 3.63) is 33.1 Å². The van der Waals surface area contributed by atoms with Crippen LogP contribution in [0.4, 0.5) is 5.69 Å². The van der Waals surface area contributed by atoms with Crippen molar-refractivity contribution in [3.63, 3.8) is 0 Å². The van der Waals surface area contributed by atoms with Crippen LogP contribution in [0.3, 0.4) is 0 Å². The first kappa shape index (κ1) is 11.6. The quantitative estimate of drug-likeness (QED) is 0.597. The molecule has 0 saturated heterocycles. The zero-order valence-electron chi connectivity index (χ0n) is 8.40. The van der Waals surface area contributed by atoms with Crippen molar-refractivity contribution in [2.45, 2.75) is 6.92 Å². The van der Waals surface area contributed by atoms with Crippen molar-refractivity contribution < 1.29 is 0 Å². The summed E-state index contributed by atoms with van der Waals surface area (Å²) in [6.07, 6.45) is 0. The Morgan fingerprint density at radius 2 is 2.31 bits per heavy atom. The molecular weight excluding hydrogens is 304 g/mol. The fourth-order valence-corrected chi connectivity index (χ4v) is 2.36. The van der Waals surface area contributed by atoms with Crippen LogP contribution in [0.15, 0.2) is 33.0 Å². The van der Waals surface area contributed by atoms with Gasteiger partial charge >= 0.3 is 0 Å². The van der Waals surface area contributed by atoms with Crippen molar-refractivity contribution in [2.75, 3.05) is 0 Å². The van der Waals surface area contributed by atoms with Crippen LogP contribution in [0.2, 0.25) is 0 Å². The average molecular weight is 311 g/mol. The van der Waals surface area contributed by atoms with Crippen molar-refractivity contribution in [1.29, 1.82) is 0 Å². The van der Waals surface area contributed by atoms with Crippen molar-refractivity contribution >= 4 is 50.3 Å². The maximum absolute atomic E-state index is 4.61. The highest BCUT2D eigenvalue weighted by molar-refractivity contribution is 9.10. The number of rotatable bonds is 2. The third-order valence-corrected chi connectivity index (χ3v) is 3.56. The first-order valence-corrected chi connectivity index (χ1v) is 6.58. The lowest BCUT2D eigenvalue weighted by atomic mass is 10.1. The van der Waals surface area contributed by atoms with E-state index in [1.165, 1.54) is 0 Å². The van der Waals surface area contributed by atoms with Gasteiger partial charge in [0, 0.05) is 15.4 Å². The van der Waals surface area contributed by atoms with Gasteiger partial charge in [-0.05, 0) is 47.2 Å². The Balaban J connectivity index is 2.51. The van der Waals surface area contributed by atoms with E-state index in [4.69, 9.17) is 0 Å². The van der Waals surface area contributed by atoms with Gasteiger partial charge in [0.05, 0.1) is 21.6 Å². The number of thiocarbonyl (C=S) groups is 1. The minimum Gasteiger partial charge on any atom is -0.242 e. The lowest BCUT2D eigenvalue weighted by Crippen LogP contribution is -1.78. The van der Waals surface area contributed by atoms with Crippen LogP contribution in [-0.2, 0) is 0 Å². The molecule has 2 nitrogen and oxygen atoms in total. The molecule has 1 aromatic heterocycles. The predicted octanol–water partition coefficient (Wildman–Crippen LogP) is 4.62. The first-order valence-electron chi connectivity index (χ1n) is 4.50. The Morgan fingerprint density at radius 1 is 1.50 bits per heavy atom. The molecule has 0 N–H and O–H groups in total. The van der Waals surface area contributed by atoms with Gasteiger partial charge in [0.1, 0.15) is 0 Å². The molecule has 1 aromatic carbocycles. The Morgan fingerprint density at radius 3 is 2.94 bits per heavy atom. The molecule has 0 aliphatic carbocycles. The number of benzene rings is 1. The van der Waals surface area contributed by atoms with E-state index in [-0.39, 0.29) is 0 Å². The largest absolute Gasteiger partial charge is 0.242 e. The van der Waals surface area contributed by atoms with E-state index >= 15 is 0 Å². The standard InChI is InChI=1S/C11H7BrN2S2/c1-7-14-11(5-16-7)8-2-3-9(12)10(4-8)13-6-15/h2-5H,1H3. The number of thiazole rings is 1. The van der Waals surface area contributed by atoms with Gasteiger partial charge in [-0.25, -0.2) is 4.98 Å². The topological polar surface area (TPSA) is 25.2 Å². The summed E-state index contributed by atoms with van der Waals surface area (Å²) < 4.78 is 0.903. The Kier molecular flexibility index (Phi) is 3.61. The van der Waals surface area contributed by atoms with Gasteiger partial charge in [-0.3, -0.25) is 0 Å². The van der Waals surface area contributed by atoms with Gasteiger partial charge in [-0.2, -0.15) is 4.99 Å². The molecule has 1 heterocycles. The summed E-state index contributed by atoms with van der Waals surface area (Å²) in [6.45, 7) is 1.99. The molecular formula is C11H7BrN2S2. The van der Waals surface area contributed by atoms with Crippen molar-refractivity contribution in [3.8, 4) is 11.3 Å². The molecule has 16 heavy (non-hydrogen) atoms. The minimum absolute atomic E-state index is 0.776. The number of isothiocyanates is 1. The maximum Gasteiger partial charge on any atom is 0.0901 e. The summed E-state index contributed by atoms with van der Waals surface area (Å²) >= 11 is 9.65. The van der Waals surface area contributed by atoms with Crippen molar-refractivity contribution in [1.82, 2.24) is 4.98 Å². The van der Waals surface area contributed by atoms with E-state index in [1.54, 1.807) is 11.3 Å². The van der Waals surface area contributed by atoms with Crippen LogP contribution in [0.1, 0.15) is 5.01 Å². The average Bonchev–Trinajstić information content (AvgIpc) is 2.69. The molecule has 80 valence electrons. The van der Waals surface area contributed by atoms with Crippen LogP contribution in [0.5, 0.6) is 0 Å². The summed E-state index contributed by atoms with van der Waals surface area (Å²) in [6, 6.07) is 5.88. The molecule has 0 aliphatic rings. The van der Waals surface area contributed by atoms with Gasteiger partial charge in [0.25, 0.3) is 0 Å².